The maximum absolute atomic E-state index is 13.1. The number of carbonyl (C=O) groups excluding carboxylic acids is 2. The van der Waals surface area contributed by atoms with Crippen molar-refractivity contribution in [2.75, 3.05) is 0 Å². The van der Waals surface area contributed by atoms with Crippen molar-refractivity contribution in [2.24, 2.45) is 0 Å². The Morgan fingerprint density at radius 2 is 1.75 bits per heavy atom. The number of carbonyl (C=O) groups is 2. The number of alkyl halides is 3. The molecule has 0 bridgehead atoms. The van der Waals surface area contributed by atoms with Crippen LogP contribution in [0.2, 0.25) is 0 Å². The van der Waals surface area contributed by atoms with Crippen LogP contribution in [0.15, 0.2) is 42.5 Å². The molecule has 2 aromatic carbocycles. The van der Waals surface area contributed by atoms with Gasteiger partial charge in [0.1, 0.15) is 5.41 Å². The third-order valence-electron chi connectivity index (χ3n) is 4.91. The Morgan fingerprint density at radius 3 is 2.50 bits per heavy atom. The summed E-state index contributed by atoms with van der Waals surface area (Å²) < 4.78 is 39.4. The molecule has 122 valence electrons. The van der Waals surface area contributed by atoms with Crippen LogP contribution >= 0.6 is 0 Å². The van der Waals surface area contributed by atoms with E-state index in [1.807, 2.05) is 12.1 Å². The first kappa shape index (κ1) is 14.9. The number of imide groups is 1. The van der Waals surface area contributed by atoms with Gasteiger partial charge >= 0.3 is 6.18 Å². The number of hydrogen-bond donors (Lipinski definition) is 1. The van der Waals surface area contributed by atoms with Gasteiger partial charge in [-0.3, -0.25) is 14.9 Å². The predicted octanol–water partition coefficient (Wildman–Crippen LogP) is 3.21. The molecule has 1 unspecified atom stereocenters. The number of hydrogen-bond acceptors (Lipinski definition) is 2. The Morgan fingerprint density at radius 1 is 1.00 bits per heavy atom. The van der Waals surface area contributed by atoms with Gasteiger partial charge in [-0.25, -0.2) is 0 Å². The molecule has 1 aliphatic heterocycles. The van der Waals surface area contributed by atoms with Gasteiger partial charge in [0, 0.05) is 5.56 Å². The highest BCUT2D eigenvalue weighted by Gasteiger charge is 2.52. The summed E-state index contributed by atoms with van der Waals surface area (Å²) in [4.78, 5) is 24.8. The number of rotatable bonds is 0. The van der Waals surface area contributed by atoms with E-state index in [0.29, 0.717) is 18.4 Å². The number of halogens is 3. The molecule has 4 rings (SSSR count). The van der Waals surface area contributed by atoms with Crippen molar-refractivity contribution in [3.63, 3.8) is 0 Å². The molecule has 0 saturated heterocycles. The van der Waals surface area contributed by atoms with Crippen LogP contribution in [0.1, 0.15) is 39.0 Å². The molecule has 1 atom stereocenters. The minimum atomic E-state index is -4.54. The van der Waals surface area contributed by atoms with Crippen LogP contribution in [0.25, 0.3) is 0 Å². The van der Waals surface area contributed by atoms with Crippen LogP contribution in [-0.2, 0) is 22.8 Å². The Kier molecular flexibility index (Phi) is 2.92. The van der Waals surface area contributed by atoms with Crippen molar-refractivity contribution >= 4 is 11.8 Å². The second kappa shape index (κ2) is 4.69. The van der Waals surface area contributed by atoms with Gasteiger partial charge in [0.05, 0.1) is 5.56 Å². The first-order valence-corrected chi connectivity index (χ1v) is 7.50. The lowest BCUT2D eigenvalue weighted by molar-refractivity contribution is -0.138. The minimum Gasteiger partial charge on any atom is -0.291 e. The number of benzene rings is 2. The fourth-order valence-electron chi connectivity index (χ4n) is 3.80. The maximum atomic E-state index is 13.1. The van der Waals surface area contributed by atoms with Crippen LogP contribution in [-0.4, -0.2) is 11.8 Å². The van der Waals surface area contributed by atoms with Gasteiger partial charge in [0.15, 0.2) is 0 Å². The lowest BCUT2D eigenvalue weighted by Gasteiger charge is -2.35. The van der Waals surface area contributed by atoms with Crippen molar-refractivity contribution in [1.29, 1.82) is 0 Å². The smallest absolute Gasteiger partial charge is 0.291 e. The van der Waals surface area contributed by atoms with E-state index in [1.54, 1.807) is 12.1 Å². The molecule has 3 nitrogen and oxygen atoms in total. The molecule has 6 heteroatoms. The zero-order chi connectivity index (χ0) is 17.1. The van der Waals surface area contributed by atoms with Gasteiger partial charge in [-0.2, -0.15) is 13.2 Å². The fourth-order valence-corrected chi connectivity index (χ4v) is 3.80. The van der Waals surface area contributed by atoms with Gasteiger partial charge in [0.25, 0.3) is 5.91 Å². The van der Waals surface area contributed by atoms with Crippen molar-refractivity contribution in [1.82, 2.24) is 5.32 Å². The predicted molar refractivity (Wildman–Crippen MR) is 79.5 cm³/mol. The summed E-state index contributed by atoms with van der Waals surface area (Å²) in [5, 5.41) is 2.31. The van der Waals surface area contributed by atoms with Crippen LogP contribution in [0.5, 0.6) is 0 Å². The van der Waals surface area contributed by atoms with Crippen LogP contribution in [0.3, 0.4) is 0 Å². The molecule has 2 aromatic rings. The molecule has 1 N–H and O–H groups in total. The largest absolute Gasteiger partial charge is 0.416 e. The summed E-state index contributed by atoms with van der Waals surface area (Å²) in [6, 6.07) is 10.2. The second-order valence-corrected chi connectivity index (χ2v) is 6.10. The third-order valence-corrected chi connectivity index (χ3v) is 4.91. The number of nitrogens with one attached hydrogen (secondary N) is 1. The van der Waals surface area contributed by atoms with Crippen LogP contribution in [0, 0.1) is 0 Å². The third kappa shape index (κ3) is 1.85. The van der Waals surface area contributed by atoms with E-state index in [0.717, 1.165) is 23.8 Å². The first-order chi connectivity index (χ1) is 11.3. The molecular weight excluding hydrogens is 319 g/mol. The van der Waals surface area contributed by atoms with E-state index in [-0.39, 0.29) is 11.1 Å². The Hall–Kier alpha value is -2.63. The van der Waals surface area contributed by atoms with Crippen molar-refractivity contribution < 1.29 is 22.8 Å². The highest BCUT2D eigenvalue weighted by Crippen LogP contribution is 2.48. The van der Waals surface area contributed by atoms with Gasteiger partial charge in [0.2, 0.25) is 5.91 Å². The quantitative estimate of drug-likeness (QED) is 0.754. The van der Waals surface area contributed by atoms with Gasteiger partial charge < -0.3 is 0 Å². The topological polar surface area (TPSA) is 46.2 Å². The van der Waals surface area contributed by atoms with E-state index in [4.69, 9.17) is 0 Å². The molecule has 1 heterocycles. The van der Waals surface area contributed by atoms with Gasteiger partial charge in [-0.1, -0.05) is 24.3 Å². The maximum Gasteiger partial charge on any atom is 0.416 e. The molecule has 1 spiro atoms. The zero-order valence-corrected chi connectivity index (χ0v) is 12.4. The van der Waals surface area contributed by atoms with E-state index in [2.05, 4.69) is 5.32 Å². The van der Waals surface area contributed by atoms with E-state index in [9.17, 15) is 22.8 Å². The van der Waals surface area contributed by atoms with Crippen molar-refractivity contribution in [2.45, 2.75) is 24.4 Å². The molecular formula is C18H12F3NO2. The van der Waals surface area contributed by atoms with E-state index >= 15 is 0 Å². The molecule has 2 amide bonds. The molecule has 0 radical (unpaired) electrons. The average molecular weight is 331 g/mol. The lowest BCUT2D eigenvalue weighted by Crippen LogP contribution is -2.51. The summed E-state index contributed by atoms with van der Waals surface area (Å²) in [6.07, 6.45) is -3.61. The van der Waals surface area contributed by atoms with E-state index in [1.165, 1.54) is 0 Å². The number of amides is 2. The lowest BCUT2D eigenvalue weighted by atomic mass is 9.70. The first-order valence-electron chi connectivity index (χ1n) is 7.50. The van der Waals surface area contributed by atoms with Gasteiger partial charge in [-0.15, -0.1) is 0 Å². The SMILES string of the molecule is O=C1NC(=O)C2(CCc3ccccc32)c2cc(C(F)(F)F)ccc21. The van der Waals surface area contributed by atoms with E-state index < -0.39 is 29.0 Å². The second-order valence-electron chi connectivity index (χ2n) is 6.10. The van der Waals surface area contributed by atoms with Crippen molar-refractivity contribution in [3.05, 3.63) is 70.3 Å². The summed E-state index contributed by atoms with van der Waals surface area (Å²) in [5.74, 6) is -1.21. The monoisotopic (exact) mass is 331 g/mol. The minimum absolute atomic E-state index is 0.124. The normalized spacial score (nSPS) is 22.3. The standard InChI is InChI=1S/C18H12F3NO2/c19-18(20,21)11-5-6-12-14(9-11)17(16(24)22-15(12)23)8-7-10-3-1-2-4-13(10)17/h1-6,9H,7-8H2,(H,22,23,24). The Balaban J connectivity index is 2.03. The molecule has 2 aliphatic rings. The van der Waals surface area contributed by atoms with Crippen LogP contribution < -0.4 is 5.32 Å². The van der Waals surface area contributed by atoms with Crippen molar-refractivity contribution in [3.8, 4) is 0 Å². The summed E-state index contributed by atoms with van der Waals surface area (Å²) >= 11 is 0. The van der Waals surface area contributed by atoms with Gasteiger partial charge in [-0.05, 0) is 47.7 Å². The molecule has 0 fully saturated rings. The fraction of sp³-hybridized carbons (Fsp3) is 0.222. The Labute approximate surface area is 135 Å². The van der Waals surface area contributed by atoms with Crippen LogP contribution in [0.4, 0.5) is 13.2 Å². The highest BCUT2D eigenvalue weighted by atomic mass is 19.4. The number of fused-ring (bicyclic) bond motifs is 4. The summed E-state index contributed by atoms with van der Waals surface area (Å²) in [6.45, 7) is 0. The average Bonchev–Trinajstić information content (AvgIpc) is 2.92. The summed E-state index contributed by atoms with van der Waals surface area (Å²) in [5.41, 5.74) is -0.218. The molecule has 1 aliphatic carbocycles. The Bertz CT molecular complexity index is 888. The highest BCUT2D eigenvalue weighted by molar-refractivity contribution is 6.15. The zero-order valence-electron chi connectivity index (χ0n) is 12.4. The number of aryl methyl sites for hydroxylation is 1. The molecule has 0 aromatic heterocycles. The summed E-state index contributed by atoms with van der Waals surface area (Å²) in [7, 11) is 0. The molecule has 24 heavy (non-hydrogen) atoms. The molecule has 0 saturated carbocycles.